The number of hydrogen-bond donors (Lipinski definition) is 2. The zero-order chi connectivity index (χ0) is 63.4. The Morgan fingerprint density at radius 1 is 0.558 bits per heavy atom. The van der Waals surface area contributed by atoms with E-state index in [-0.39, 0.29) is 42.7 Å². The molecule has 4 saturated heterocycles. The van der Waals surface area contributed by atoms with Gasteiger partial charge < -0.3 is 90.7 Å². The lowest BCUT2D eigenvalue weighted by molar-refractivity contribution is -0.384. The minimum absolute atomic E-state index is 0.0524. The Bertz CT molecular complexity index is 2090. The van der Waals surface area contributed by atoms with Gasteiger partial charge in [-0.25, -0.2) is 0 Å². The van der Waals surface area contributed by atoms with Gasteiger partial charge in [-0.1, -0.05) is 79.9 Å². The van der Waals surface area contributed by atoms with E-state index in [1.165, 1.54) is 35.5 Å². The fraction of sp³-hybridized carbons (Fsp3) is 0.859. The number of unbranched alkanes of at least 4 members (excludes halogenated alkanes) is 1. The van der Waals surface area contributed by atoms with Gasteiger partial charge in [-0.2, -0.15) is 0 Å². The highest BCUT2D eigenvalue weighted by molar-refractivity contribution is 5.73. The molecule has 4 heterocycles. The first-order chi connectivity index (χ1) is 41.1. The number of aliphatic hydroxyl groups excluding tert-OH is 2. The van der Waals surface area contributed by atoms with Crippen LogP contribution in [0.1, 0.15) is 159 Å². The minimum Gasteiger partial charge on any atom is -0.462 e. The summed E-state index contributed by atoms with van der Waals surface area (Å²) in [6.45, 7) is 20.9. The second-order valence-corrected chi connectivity index (χ2v) is 23.9. The summed E-state index contributed by atoms with van der Waals surface area (Å²) >= 11 is 0. The summed E-state index contributed by atoms with van der Waals surface area (Å²) in [5, 5.41) is 22.8. The third kappa shape index (κ3) is 20.2. The Labute approximate surface area is 512 Å². The Kier molecular flexibility index (Phi) is 31.3. The molecule has 22 heteroatoms. The Morgan fingerprint density at radius 3 is 1.60 bits per heavy atom. The highest BCUT2D eigenvalue weighted by Crippen LogP contribution is 2.38. The molecular weight excluding hydrogens is 1120 g/mol. The average molecular weight is 1230 g/mol. The molecular formula is C64H108O22. The van der Waals surface area contributed by atoms with Crippen LogP contribution in [0, 0.1) is 17.8 Å². The largest absolute Gasteiger partial charge is 0.462 e. The fourth-order valence-electron chi connectivity index (χ4n) is 12.4. The number of methoxy groups -OCH3 is 6. The van der Waals surface area contributed by atoms with Crippen molar-refractivity contribution in [2.24, 2.45) is 17.8 Å². The van der Waals surface area contributed by atoms with Crippen molar-refractivity contribution in [3.8, 4) is 5.75 Å². The molecule has 0 saturated carbocycles. The second kappa shape index (κ2) is 36.6. The maximum atomic E-state index is 13.6. The molecule has 0 spiro atoms. The van der Waals surface area contributed by atoms with Crippen molar-refractivity contribution in [2.75, 3.05) is 42.7 Å². The van der Waals surface area contributed by atoms with Gasteiger partial charge in [0.2, 0.25) is 6.29 Å². The summed E-state index contributed by atoms with van der Waals surface area (Å²) in [6.07, 6.45) is -10.6. The maximum absolute atomic E-state index is 13.6. The van der Waals surface area contributed by atoms with Gasteiger partial charge in [0.25, 0.3) is 0 Å². The first-order valence-electron chi connectivity index (χ1n) is 31.6. The molecule has 1 aromatic rings. The molecule has 0 radical (unpaired) electrons. The Hall–Kier alpha value is -3.17. The number of aliphatic hydroxyl groups is 2. The smallest absolute Gasteiger partial charge is 0.308 e. The molecule has 0 aliphatic carbocycles. The molecule has 1 aromatic carbocycles. The Morgan fingerprint density at radius 2 is 1.06 bits per heavy atom. The van der Waals surface area contributed by atoms with Crippen molar-refractivity contribution >= 4 is 17.9 Å². The van der Waals surface area contributed by atoms with Gasteiger partial charge in [-0.3, -0.25) is 14.4 Å². The normalized spacial score (nSPS) is 34.5. The van der Waals surface area contributed by atoms with E-state index in [4.69, 9.17) is 80.5 Å². The van der Waals surface area contributed by atoms with Crippen molar-refractivity contribution < 1.29 is 105 Å². The molecule has 22 nitrogen and oxygen atoms in total. The lowest BCUT2D eigenvalue weighted by atomic mass is 9.94. The number of benzene rings is 1. The highest BCUT2D eigenvalue weighted by Gasteiger charge is 2.56. The van der Waals surface area contributed by atoms with Crippen LogP contribution in [0.2, 0.25) is 0 Å². The number of rotatable bonds is 35. The monoisotopic (exact) mass is 1230 g/mol. The third-order valence-electron chi connectivity index (χ3n) is 17.4. The van der Waals surface area contributed by atoms with Gasteiger partial charge in [0, 0.05) is 68.3 Å². The quantitative estimate of drug-likeness (QED) is 0.0371. The molecule has 4 aliphatic heterocycles. The number of esters is 3. The van der Waals surface area contributed by atoms with Crippen LogP contribution >= 0.6 is 0 Å². The number of carbonyl (C=O) groups is 3. The van der Waals surface area contributed by atoms with Crippen molar-refractivity contribution in [1.29, 1.82) is 0 Å². The van der Waals surface area contributed by atoms with Crippen LogP contribution in [0.15, 0.2) is 24.3 Å². The summed E-state index contributed by atoms with van der Waals surface area (Å²) in [5.74, 6) is -0.737. The van der Waals surface area contributed by atoms with Gasteiger partial charge >= 0.3 is 17.9 Å². The summed E-state index contributed by atoms with van der Waals surface area (Å²) in [6, 6.07) is 7.44. The van der Waals surface area contributed by atoms with Crippen LogP contribution in [0.5, 0.6) is 5.75 Å². The molecule has 2 N–H and O–H groups in total. The average Bonchev–Trinajstić information content (AvgIpc) is 1.08. The summed E-state index contributed by atoms with van der Waals surface area (Å²) < 4.78 is 106. The van der Waals surface area contributed by atoms with E-state index >= 15 is 0 Å². The van der Waals surface area contributed by atoms with E-state index in [9.17, 15) is 24.6 Å². The summed E-state index contributed by atoms with van der Waals surface area (Å²) in [5.41, 5.74) is 0.873. The molecule has 25 unspecified atom stereocenters. The number of carbonyl (C=O) groups excluding carboxylic acids is 3. The summed E-state index contributed by atoms with van der Waals surface area (Å²) in [7, 11) is 9.16. The van der Waals surface area contributed by atoms with Crippen molar-refractivity contribution in [3.05, 3.63) is 29.8 Å². The number of hydrogen-bond acceptors (Lipinski definition) is 22. The molecule has 0 bridgehead atoms. The molecule has 86 heavy (non-hydrogen) atoms. The highest BCUT2D eigenvalue weighted by atomic mass is 16.8. The van der Waals surface area contributed by atoms with Gasteiger partial charge in [0.05, 0.1) is 48.5 Å². The second-order valence-electron chi connectivity index (χ2n) is 23.9. The van der Waals surface area contributed by atoms with E-state index in [1.54, 1.807) is 34.8 Å². The topological polar surface area (TPSA) is 249 Å². The van der Waals surface area contributed by atoms with Crippen LogP contribution in [-0.4, -0.2) is 206 Å². The predicted molar refractivity (Wildman–Crippen MR) is 315 cm³/mol. The summed E-state index contributed by atoms with van der Waals surface area (Å²) in [4.78, 5) is 39.9. The molecule has 0 amide bonds. The number of ether oxygens (including phenoxy) is 17. The molecule has 5 rings (SSSR count). The van der Waals surface area contributed by atoms with E-state index in [0.29, 0.717) is 37.4 Å². The van der Waals surface area contributed by atoms with Crippen LogP contribution in [0.4, 0.5) is 0 Å². The molecule has 0 aromatic heterocycles. The van der Waals surface area contributed by atoms with E-state index in [0.717, 1.165) is 50.5 Å². The van der Waals surface area contributed by atoms with Crippen molar-refractivity contribution in [3.63, 3.8) is 0 Å². The van der Waals surface area contributed by atoms with Gasteiger partial charge in [-0.15, -0.1) is 0 Å². The molecule has 4 fully saturated rings. The van der Waals surface area contributed by atoms with Gasteiger partial charge in [-0.05, 0) is 89.8 Å². The van der Waals surface area contributed by atoms with E-state index in [2.05, 4.69) is 13.8 Å². The van der Waals surface area contributed by atoms with E-state index < -0.39 is 135 Å². The van der Waals surface area contributed by atoms with E-state index in [1.807, 2.05) is 58.9 Å². The minimum atomic E-state index is -1.29. The standard InChI is InChI=1S/C64H108O22/c1-18-24-36(6)60(68)80-44(27-23-22-26-35(5)47(20-3)70-12)33-45(81-61(69)37(7)25-19-2)32-42-28-30-43(31-29-42)82-62-58(74-16)55(52(72-14)40(10)78-62)86-63-57(73-15)54(50(67)38(8)77-63)85-64-59(75-17)56(53(41(11)79-64)83-48(66)21-4)84-49-34-46(65)51(71-13)39(9)76-49/h28-31,35-41,44-47,49-59,62-65,67H,18-27,32-34H2,1-17H3. The van der Waals surface area contributed by atoms with Gasteiger partial charge in [0.1, 0.15) is 72.9 Å². The maximum Gasteiger partial charge on any atom is 0.308 e. The molecule has 4 aliphatic rings. The van der Waals surface area contributed by atoms with Gasteiger partial charge in [0.15, 0.2) is 25.0 Å². The van der Waals surface area contributed by atoms with Crippen LogP contribution in [0.25, 0.3) is 0 Å². The van der Waals surface area contributed by atoms with Crippen LogP contribution < -0.4 is 4.74 Å². The Balaban J connectivity index is 1.35. The third-order valence-corrected chi connectivity index (χ3v) is 17.4. The van der Waals surface area contributed by atoms with Crippen molar-refractivity contribution in [2.45, 2.75) is 295 Å². The zero-order valence-corrected chi connectivity index (χ0v) is 54.5. The SMILES string of the molecule is CCCC(C)C(=O)OC(CCCCC(C)C(CC)OC)CC(Cc1ccc(OC2OC(C)C(OC)C(OC3OC(C)C(O)C(OC4OC(C)C(OC(=O)CC)C(OC5CC(O)C(OC)C(C)O5)C4OC)C3OC)C2OC)cc1)OC(=O)C(C)CCC. The fourth-order valence-corrected chi connectivity index (χ4v) is 12.4. The molecule has 25 atom stereocenters. The first kappa shape index (κ1) is 73.6. The molecule has 496 valence electrons. The lowest BCUT2D eigenvalue weighted by Gasteiger charge is -2.50. The lowest BCUT2D eigenvalue weighted by Crippen LogP contribution is -2.67. The van der Waals surface area contributed by atoms with Crippen LogP contribution in [-0.2, 0) is 96.6 Å². The predicted octanol–water partition coefficient (Wildman–Crippen LogP) is 7.96. The first-order valence-corrected chi connectivity index (χ1v) is 31.6. The zero-order valence-electron chi connectivity index (χ0n) is 54.5. The van der Waals surface area contributed by atoms with Crippen LogP contribution in [0.3, 0.4) is 0 Å². The van der Waals surface area contributed by atoms with Crippen molar-refractivity contribution in [1.82, 2.24) is 0 Å².